The van der Waals surface area contributed by atoms with Crippen LogP contribution in [0.15, 0.2) is 97.1 Å². The van der Waals surface area contributed by atoms with Crippen molar-refractivity contribution in [2.75, 3.05) is 6.61 Å². The van der Waals surface area contributed by atoms with Gasteiger partial charge in [-0.3, -0.25) is 9.59 Å². The Hall–Kier alpha value is -4.12. The van der Waals surface area contributed by atoms with Crippen molar-refractivity contribution < 1.29 is 14.3 Å². The Morgan fingerprint density at radius 1 is 0.842 bits per heavy atom. The number of hydrogen-bond donors (Lipinski definition) is 1. The highest BCUT2D eigenvalue weighted by atomic mass is 16.5. The summed E-state index contributed by atoms with van der Waals surface area (Å²) in [6.45, 7) is 6.19. The van der Waals surface area contributed by atoms with Crippen LogP contribution in [0.5, 0.6) is 5.75 Å². The van der Waals surface area contributed by atoms with Gasteiger partial charge >= 0.3 is 0 Å². The zero-order valence-electron chi connectivity index (χ0n) is 22.4. The minimum absolute atomic E-state index is 0.00373. The molecule has 2 amide bonds. The molecule has 196 valence electrons. The zero-order valence-corrected chi connectivity index (χ0v) is 22.4. The third-order valence-corrected chi connectivity index (χ3v) is 6.85. The molecule has 4 aromatic rings. The van der Waals surface area contributed by atoms with Crippen molar-refractivity contribution in [2.24, 2.45) is 0 Å². The van der Waals surface area contributed by atoms with Gasteiger partial charge in [0.25, 0.3) is 5.91 Å². The van der Waals surface area contributed by atoms with E-state index in [2.05, 4.69) is 5.32 Å². The molecule has 0 spiro atoms. The molecule has 0 aliphatic rings. The summed E-state index contributed by atoms with van der Waals surface area (Å²) >= 11 is 0. The largest absolute Gasteiger partial charge is 0.483 e. The number of amides is 2. The van der Waals surface area contributed by atoms with Gasteiger partial charge < -0.3 is 15.0 Å². The summed E-state index contributed by atoms with van der Waals surface area (Å²) in [6.07, 6.45) is 1.22. The quantitative estimate of drug-likeness (QED) is 0.267. The summed E-state index contributed by atoms with van der Waals surface area (Å²) in [5.41, 5.74) is 3.10. The van der Waals surface area contributed by atoms with Crippen LogP contribution in [0, 0.1) is 6.92 Å². The van der Waals surface area contributed by atoms with Gasteiger partial charge in [-0.15, -0.1) is 0 Å². The minimum atomic E-state index is -0.684. The first-order chi connectivity index (χ1) is 18.4. The number of carbonyl (C=O) groups excluding carboxylic acids is 2. The van der Waals surface area contributed by atoms with Gasteiger partial charge in [-0.25, -0.2) is 0 Å². The van der Waals surface area contributed by atoms with Gasteiger partial charge in [0.15, 0.2) is 6.61 Å². The Labute approximate surface area is 225 Å². The Morgan fingerprint density at radius 3 is 2.26 bits per heavy atom. The molecular weight excluding hydrogens is 472 g/mol. The molecule has 0 aliphatic heterocycles. The van der Waals surface area contributed by atoms with Crippen LogP contribution in [0.25, 0.3) is 10.8 Å². The zero-order chi connectivity index (χ0) is 26.9. The lowest BCUT2D eigenvalue weighted by Crippen LogP contribution is -2.53. The fraction of sp³-hybridized carbons (Fsp3) is 0.273. The van der Waals surface area contributed by atoms with E-state index in [1.807, 2.05) is 118 Å². The normalized spacial score (nSPS) is 12.5. The topological polar surface area (TPSA) is 58.6 Å². The van der Waals surface area contributed by atoms with Crippen LogP contribution in [0.2, 0.25) is 0 Å². The standard InChI is InChI=1S/C33H36N2O3/c1-4-25(3)34-33(37)30(21-26-11-6-5-7-12-26)35(22-27-19-17-24(2)18-20-27)32(36)23-38-31-16-10-14-28-13-8-9-15-29(28)31/h5-20,25,30H,4,21-23H2,1-3H3,(H,34,37)/t25-,30-/m0/s1. The van der Waals surface area contributed by atoms with Crippen molar-refractivity contribution in [2.45, 2.75) is 52.2 Å². The highest BCUT2D eigenvalue weighted by molar-refractivity contribution is 5.90. The molecule has 0 heterocycles. The van der Waals surface area contributed by atoms with Crippen LogP contribution in [0.4, 0.5) is 0 Å². The summed E-state index contributed by atoms with van der Waals surface area (Å²) in [5, 5.41) is 5.10. The molecule has 0 aromatic heterocycles. The summed E-state index contributed by atoms with van der Waals surface area (Å²) in [7, 11) is 0. The summed E-state index contributed by atoms with van der Waals surface area (Å²) in [5.74, 6) is 0.253. The molecule has 0 fully saturated rings. The number of aryl methyl sites for hydroxylation is 1. The number of ether oxygens (including phenoxy) is 1. The average Bonchev–Trinajstić information content (AvgIpc) is 2.95. The number of rotatable bonds is 11. The maximum absolute atomic E-state index is 13.8. The Bertz CT molecular complexity index is 1350. The molecule has 5 nitrogen and oxygen atoms in total. The monoisotopic (exact) mass is 508 g/mol. The third kappa shape index (κ3) is 7.00. The van der Waals surface area contributed by atoms with Crippen molar-refractivity contribution in [3.63, 3.8) is 0 Å². The number of fused-ring (bicyclic) bond motifs is 1. The lowest BCUT2D eigenvalue weighted by atomic mass is 10.0. The van der Waals surface area contributed by atoms with Crippen LogP contribution in [-0.4, -0.2) is 35.4 Å². The number of nitrogens with zero attached hydrogens (tertiary/aromatic N) is 1. The molecule has 0 unspecified atom stereocenters. The van der Waals surface area contributed by atoms with E-state index in [0.717, 1.165) is 33.9 Å². The molecule has 38 heavy (non-hydrogen) atoms. The molecule has 0 saturated heterocycles. The molecule has 0 saturated carbocycles. The van der Waals surface area contributed by atoms with Crippen molar-refractivity contribution in [1.29, 1.82) is 0 Å². The average molecular weight is 509 g/mol. The molecule has 0 aliphatic carbocycles. The molecule has 0 radical (unpaired) electrons. The van der Waals surface area contributed by atoms with Crippen LogP contribution in [-0.2, 0) is 22.6 Å². The van der Waals surface area contributed by atoms with E-state index in [1.54, 1.807) is 4.90 Å². The number of benzene rings is 4. The van der Waals surface area contributed by atoms with E-state index in [-0.39, 0.29) is 24.5 Å². The molecule has 0 bridgehead atoms. The summed E-state index contributed by atoms with van der Waals surface area (Å²) in [4.78, 5) is 29.1. The van der Waals surface area contributed by atoms with Gasteiger partial charge in [-0.1, -0.05) is 103 Å². The highest BCUT2D eigenvalue weighted by Gasteiger charge is 2.31. The van der Waals surface area contributed by atoms with E-state index < -0.39 is 6.04 Å². The second-order valence-electron chi connectivity index (χ2n) is 9.80. The molecule has 2 atom stereocenters. The fourth-order valence-corrected chi connectivity index (χ4v) is 4.43. The van der Waals surface area contributed by atoms with Gasteiger partial charge in [-0.05, 0) is 42.8 Å². The Morgan fingerprint density at radius 2 is 1.53 bits per heavy atom. The smallest absolute Gasteiger partial charge is 0.261 e. The summed E-state index contributed by atoms with van der Waals surface area (Å²) in [6, 6.07) is 31.0. The number of carbonyl (C=O) groups is 2. The van der Waals surface area contributed by atoms with Gasteiger partial charge in [0.05, 0.1) is 0 Å². The van der Waals surface area contributed by atoms with Crippen LogP contribution in [0.3, 0.4) is 0 Å². The highest BCUT2D eigenvalue weighted by Crippen LogP contribution is 2.25. The van der Waals surface area contributed by atoms with Gasteiger partial charge in [0.1, 0.15) is 11.8 Å². The fourth-order valence-electron chi connectivity index (χ4n) is 4.43. The molecule has 4 rings (SSSR count). The molecule has 4 aromatic carbocycles. The molecular formula is C33H36N2O3. The van der Waals surface area contributed by atoms with Gasteiger partial charge in [-0.2, -0.15) is 0 Å². The lowest BCUT2D eigenvalue weighted by Gasteiger charge is -2.32. The Balaban J connectivity index is 1.64. The minimum Gasteiger partial charge on any atom is -0.483 e. The Kier molecular flexibility index (Phi) is 9.15. The van der Waals surface area contributed by atoms with Crippen molar-refractivity contribution >= 4 is 22.6 Å². The summed E-state index contributed by atoms with van der Waals surface area (Å²) < 4.78 is 6.08. The first-order valence-corrected chi connectivity index (χ1v) is 13.2. The van der Waals surface area contributed by atoms with Crippen molar-refractivity contribution in [3.05, 3.63) is 114 Å². The van der Waals surface area contributed by atoms with Crippen molar-refractivity contribution in [3.8, 4) is 5.75 Å². The number of nitrogens with one attached hydrogen (secondary N) is 1. The molecule has 1 N–H and O–H groups in total. The predicted octanol–water partition coefficient (Wildman–Crippen LogP) is 6.08. The van der Waals surface area contributed by atoms with E-state index in [4.69, 9.17) is 4.74 Å². The van der Waals surface area contributed by atoms with Crippen LogP contribution in [0.1, 0.15) is 37.0 Å². The second-order valence-corrected chi connectivity index (χ2v) is 9.80. The number of hydrogen-bond acceptors (Lipinski definition) is 3. The SMILES string of the molecule is CC[C@H](C)NC(=O)[C@H](Cc1ccccc1)N(Cc1ccc(C)cc1)C(=O)COc1cccc2ccccc12. The lowest BCUT2D eigenvalue weighted by molar-refractivity contribution is -0.143. The van der Waals surface area contributed by atoms with Gasteiger partial charge in [0.2, 0.25) is 5.91 Å². The van der Waals surface area contributed by atoms with Gasteiger partial charge in [0, 0.05) is 24.4 Å². The van der Waals surface area contributed by atoms with Crippen molar-refractivity contribution in [1.82, 2.24) is 10.2 Å². The van der Waals surface area contributed by atoms with Crippen LogP contribution < -0.4 is 10.1 Å². The van der Waals surface area contributed by atoms with E-state index in [9.17, 15) is 9.59 Å². The first kappa shape index (κ1) is 26.9. The van der Waals surface area contributed by atoms with Crippen LogP contribution >= 0.6 is 0 Å². The van der Waals surface area contributed by atoms with E-state index in [0.29, 0.717) is 18.7 Å². The predicted molar refractivity (Wildman–Crippen MR) is 153 cm³/mol. The second kappa shape index (κ2) is 12.9. The first-order valence-electron chi connectivity index (χ1n) is 13.2. The third-order valence-electron chi connectivity index (χ3n) is 6.85. The maximum Gasteiger partial charge on any atom is 0.261 e. The molecule has 5 heteroatoms. The maximum atomic E-state index is 13.8. The van der Waals surface area contributed by atoms with E-state index >= 15 is 0 Å². The van der Waals surface area contributed by atoms with E-state index in [1.165, 1.54) is 0 Å².